The Kier molecular flexibility index (Phi) is 7.99. The number of hydrogen-bond acceptors (Lipinski definition) is 6. The molecular formula is C29H36ClN7O3S. The van der Waals surface area contributed by atoms with Crippen molar-refractivity contribution in [2.24, 2.45) is 7.05 Å². The average molecular weight is 598 g/mol. The van der Waals surface area contributed by atoms with Gasteiger partial charge in [-0.15, -0.1) is 0 Å². The molecule has 0 spiro atoms. The van der Waals surface area contributed by atoms with Crippen molar-refractivity contribution in [3.63, 3.8) is 0 Å². The van der Waals surface area contributed by atoms with Crippen LogP contribution in [0.3, 0.4) is 0 Å². The number of aryl methyl sites for hydroxylation is 1. The van der Waals surface area contributed by atoms with E-state index < -0.39 is 16.1 Å². The highest BCUT2D eigenvalue weighted by Gasteiger charge is 2.36. The standard InChI is InChI=1S/C29H36ClN7O3S/c1-29(2,3)33-28(38)37-13-11-36(12-14-37)27-21-9-8-20(30)16-22(21)23(15-19-7-6-10-32-25(19)27)26(34-41(5,39)40)24-17-31-18-35(24)4/h6-10,15-18,26-27,34H,11-14H2,1-5H3,(H,33,38). The Morgan fingerprint density at radius 3 is 2.51 bits per heavy atom. The van der Waals surface area contributed by atoms with Crippen LogP contribution in [-0.2, 0) is 17.1 Å². The van der Waals surface area contributed by atoms with Crippen molar-refractivity contribution in [2.45, 2.75) is 38.4 Å². The summed E-state index contributed by atoms with van der Waals surface area (Å²) < 4.78 is 29.9. The summed E-state index contributed by atoms with van der Waals surface area (Å²) in [6.45, 7) is 8.33. The lowest BCUT2D eigenvalue weighted by Crippen LogP contribution is -2.55. The van der Waals surface area contributed by atoms with Crippen LogP contribution in [0.1, 0.15) is 60.9 Å². The number of benzene rings is 1. The van der Waals surface area contributed by atoms with Gasteiger partial charge in [-0.1, -0.05) is 23.7 Å². The molecule has 2 amide bonds. The van der Waals surface area contributed by atoms with Crippen molar-refractivity contribution in [3.05, 3.63) is 82.2 Å². The summed E-state index contributed by atoms with van der Waals surface area (Å²) in [5.74, 6) is 0. The maximum atomic E-state index is 12.9. The van der Waals surface area contributed by atoms with Gasteiger partial charge in [0.2, 0.25) is 10.0 Å². The van der Waals surface area contributed by atoms with E-state index in [9.17, 15) is 13.2 Å². The van der Waals surface area contributed by atoms with Crippen LogP contribution in [-0.4, -0.2) is 76.8 Å². The summed E-state index contributed by atoms with van der Waals surface area (Å²) in [7, 11) is -1.78. The van der Waals surface area contributed by atoms with Crippen LogP contribution in [0.5, 0.6) is 0 Å². The molecule has 2 aromatic heterocycles. The Morgan fingerprint density at radius 1 is 1.15 bits per heavy atom. The molecule has 1 saturated heterocycles. The number of rotatable bonds is 5. The molecule has 218 valence electrons. The number of halogens is 1. The highest BCUT2D eigenvalue weighted by atomic mass is 35.5. The average Bonchev–Trinajstić information content (AvgIpc) is 3.26. The molecule has 0 radical (unpaired) electrons. The molecule has 2 atom stereocenters. The van der Waals surface area contributed by atoms with E-state index >= 15 is 0 Å². The molecule has 3 aromatic rings. The second-order valence-electron chi connectivity index (χ2n) is 11.7. The molecule has 1 aliphatic heterocycles. The van der Waals surface area contributed by atoms with E-state index in [0.717, 1.165) is 34.2 Å². The molecule has 5 rings (SSSR count). The number of sulfonamides is 1. The highest BCUT2D eigenvalue weighted by Crippen LogP contribution is 2.44. The van der Waals surface area contributed by atoms with Gasteiger partial charge in [-0.25, -0.2) is 22.9 Å². The molecule has 41 heavy (non-hydrogen) atoms. The van der Waals surface area contributed by atoms with Gasteiger partial charge in [0.05, 0.1) is 42.3 Å². The summed E-state index contributed by atoms with van der Waals surface area (Å²) in [6, 6.07) is 8.60. The van der Waals surface area contributed by atoms with Gasteiger partial charge in [-0.05, 0) is 67.3 Å². The fourth-order valence-corrected chi connectivity index (χ4v) is 6.37. The van der Waals surface area contributed by atoms with Crippen molar-refractivity contribution in [3.8, 4) is 0 Å². The third kappa shape index (κ3) is 6.48. The van der Waals surface area contributed by atoms with Crippen LogP contribution in [0.15, 0.2) is 49.1 Å². The Balaban J connectivity index is 1.60. The maximum absolute atomic E-state index is 12.9. The maximum Gasteiger partial charge on any atom is 0.317 e. The van der Waals surface area contributed by atoms with Crippen LogP contribution in [0, 0.1) is 0 Å². The van der Waals surface area contributed by atoms with E-state index in [2.05, 4.69) is 19.9 Å². The molecule has 0 bridgehead atoms. The zero-order valence-corrected chi connectivity index (χ0v) is 25.5. The van der Waals surface area contributed by atoms with E-state index in [0.29, 0.717) is 36.9 Å². The Morgan fingerprint density at radius 2 is 1.88 bits per heavy atom. The first kappa shape index (κ1) is 29.2. The van der Waals surface area contributed by atoms with Crippen molar-refractivity contribution in [1.82, 2.24) is 34.4 Å². The number of carbonyl (C=O) groups is 1. The number of urea groups is 1. The first-order chi connectivity index (χ1) is 19.3. The molecule has 1 fully saturated rings. The smallest absolute Gasteiger partial charge is 0.317 e. The van der Waals surface area contributed by atoms with E-state index in [1.165, 1.54) is 0 Å². The van der Waals surface area contributed by atoms with Gasteiger partial charge in [0.1, 0.15) is 0 Å². The van der Waals surface area contributed by atoms with Crippen LogP contribution in [0.4, 0.5) is 4.79 Å². The molecule has 10 nitrogen and oxygen atoms in total. The number of piperazine rings is 1. The van der Waals surface area contributed by atoms with E-state index in [-0.39, 0.29) is 17.6 Å². The second kappa shape index (κ2) is 11.2. The molecule has 3 heterocycles. The van der Waals surface area contributed by atoms with E-state index in [1.807, 2.05) is 73.7 Å². The van der Waals surface area contributed by atoms with E-state index in [1.54, 1.807) is 18.7 Å². The number of fused-ring (bicyclic) bond motifs is 2. The zero-order valence-electron chi connectivity index (χ0n) is 23.9. The number of imidazole rings is 1. The third-order valence-electron chi connectivity index (χ3n) is 7.30. The molecule has 12 heteroatoms. The molecule has 0 saturated carbocycles. The van der Waals surface area contributed by atoms with Gasteiger partial charge < -0.3 is 14.8 Å². The normalized spacial score (nSPS) is 18.6. The van der Waals surface area contributed by atoms with Gasteiger partial charge in [0.25, 0.3) is 0 Å². The summed E-state index contributed by atoms with van der Waals surface area (Å²) >= 11 is 6.58. The zero-order chi connectivity index (χ0) is 29.5. The summed E-state index contributed by atoms with van der Waals surface area (Å²) in [4.78, 5) is 26.1. The fraction of sp³-hybridized carbons (Fsp3) is 0.414. The first-order valence-electron chi connectivity index (χ1n) is 13.5. The number of hydrogen-bond donors (Lipinski definition) is 2. The van der Waals surface area contributed by atoms with Crippen LogP contribution >= 0.6 is 11.6 Å². The number of pyridine rings is 1. The summed E-state index contributed by atoms with van der Waals surface area (Å²) in [6.07, 6.45) is 8.25. The lowest BCUT2D eigenvalue weighted by Gasteiger charge is -2.40. The Bertz CT molecular complexity index is 1590. The predicted octanol–water partition coefficient (Wildman–Crippen LogP) is 3.83. The quantitative estimate of drug-likeness (QED) is 0.462. The lowest BCUT2D eigenvalue weighted by molar-refractivity contribution is 0.115. The second-order valence-corrected chi connectivity index (χ2v) is 13.9. The van der Waals surface area contributed by atoms with Crippen LogP contribution < -0.4 is 10.0 Å². The van der Waals surface area contributed by atoms with Crippen molar-refractivity contribution < 1.29 is 13.2 Å². The van der Waals surface area contributed by atoms with Gasteiger partial charge in [0, 0.05) is 50.0 Å². The third-order valence-corrected chi connectivity index (χ3v) is 8.20. The monoisotopic (exact) mass is 597 g/mol. The molecular weight excluding hydrogens is 562 g/mol. The fourth-order valence-electron chi connectivity index (χ4n) is 5.52. The Labute approximate surface area is 246 Å². The minimum Gasteiger partial charge on any atom is -0.336 e. The lowest BCUT2D eigenvalue weighted by atomic mass is 9.90. The number of nitrogens with one attached hydrogen (secondary N) is 2. The van der Waals surface area contributed by atoms with Crippen LogP contribution in [0.25, 0.3) is 11.6 Å². The Hall–Kier alpha value is -3.25. The van der Waals surface area contributed by atoms with Crippen molar-refractivity contribution in [2.75, 3.05) is 32.4 Å². The van der Waals surface area contributed by atoms with Crippen LogP contribution in [0.2, 0.25) is 5.02 Å². The molecule has 2 unspecified atom stereocenters. The van der Waals surface area contributed by atoms with Crippen molar-refractivity contribution in [1.29, 1.82) is 0 Å². The van der Waals surface area contributed by atoms with Crippen molar-refractivity contribution >= 4 is 39.3 Å². The predicted molar refractivity (Wildman–Crippen MR) is 161 cm³/mol. The van der Waals surface area contributed by atoms with Gasteiger partial charge in [-0.3, -0.25) is 9.88 Å². The van der Waals surface area contributed by atoms with E-state index in [4.69, 9.17) is 16.6 Å². The largest absolute Gasteiger partial charge is 0.336 e. The number of nitrogens with zero attached hydrogens (tertiary/aromatic N) is 5. The van der Waals surface area contributed by atoms with Gasteiger partial charge >= 0.3 is 6.03 Å². The molecule has 1 aromatic carbocycles. The molecule has 1 aliphatic carbocycles. The number of carbonyl (C=O) groups excluding carboxylic acids is 1. The summed E-state index contributed by atoms with van der Waals surface area (Å²) in [5, 5.41) is 3.60. The highest BCUT2D eigenvalue weighted by molar-refractivity contribution is 7.88. The molecule has 2 N–H and O–H groups in total. The minimum atomic E-state index is -3.61. The van der Waals surface area contributed by atoms with Gasteiger partial charge in [0.15, 0.2) is 0 Å². The first-order valence-corrected chi connectivity index (χ1v) is 15.8. The van der Waals surface area contributed by atoms with Gasteiger partial charge in [-0.2, -0.15) is 0 Å². The number of aromatic nitrogens is 3. The summed E-state index contributed by atoms with van der Waals surface area (Å²) in [5.41, 5.74) is 4.66. The SMILES string of the molecule is Cn1cncc1C(NS(C)(=O)=O)C1=Cc2cccnc2C(N2CCN(C(=O)NC(C)(C)C)CC2)c2ccc(Cl)cc21. The topological polar surface area (TPSA) is 112 Å². The number of amides is 2. The minimum absolute atomic E-state index is 0.0708. The molecule has 2 aliphatic rings.